The fourth-order valence-corrected chi connectivity index (χ4v) is 3.38. The molecule has 2 aromatic heterocycles. The predicted molar refractivity (Wildman–Crippen MR) is 97.0 cm³/mol. The molecule has 0 aliphatic heterocycles. The summed E-state index contributed by atoms with van der Waals surface area (Å²) in [6.07, 6.45) is 6.22. The summed E-state index contributed by atoms with van der Waals surface area (Å²) in [5.41, 5.74) is 4.71. The quantitative estimate of drug-likeness (QED) is 0.750. The smallest absolute Gasteiger partial charge is 0.257 e. The van der Waals surface area contributed by atoms with E-state index in [0.29, 0.717) is 11.3 Å². The van der Waals surface area contributed by atoms with Gasteiger partial charge < -0.3 is 15.0 Å². The van der Waals surface area contributed by atoms with Crippen molar-refractivity contribution >= 4 is 11.6 Å². The Bertz CT molecular complexity index is 981. The second-order valence-corrected chi connectivity index (χ2v) is 6.22. The van der Waals surface area contributed by atoms with Crippen molar-refractivity contribution in [3.63, 3.8) is 0 Å². The number of hydrogen-bond donors (Lipinski definition) is 2. The molecule has 6 heteroatoms. The molecule has 1 aliphatic carbocycles. The number of amides is 1. The van der Waals surface area contributed by atoms with E-state index in [1.165, 1.54) is 19.2 Å². The molecule has 0 fully saturated rings. The number of aromatic amines is 1. The average molecular weight is 351 g/mol. The summed E-state index contributed by atoms with van der Waals surface area (Å²) in [5, 5.41) is 2.76. The highest BCUT2D eigenvalue weighted by molar-refractivity contribution is 6.09. The zero-order valence-corrected chi connectivity index (χ0v) is 14.3. The van der Waals surface area contributed by atoms with Gasteiger partial charge in [-0.25, -0.2) is 4.39 Å². The Morgan fingerprint density at radius 3 is 3.00 bits per heavy atom. The molecule has 26 heavy (non-hydrogen) atoms. The topological polar surface area (TPSA) is 67.0 Å². The van der Waals surface area contributed by atoms with Crippen molar-refractivity contribution in [3.8, 4) is 17.0 Å². The van der Waals surface area contributed by atoms with Crippen LogP contribution in [0.4, 0.5) is 10.1 Å². The predicted octanol–water partition coefficient (Wildman–Crippen LogP) is 3.97. The SMILES string of the molecule is COc1ccc(NC(=O)c2c[nH]c3c2-c2ncccc2CCC3)cc1F. The third-order valence-corrected chi connectivity index (χ3v) is 4.62. The van der Waals surface area contributed by atoms with Gasteiger partial charge in [0.1, 0.15) is 0 Å². The molecular formula is C20H18FN3O2. The molecule has 0 spiro atoms. The average Bonchev–Trinajstić information content (AvgIpc) is 2.98. The second kappa shape index (κ2) is 6.63. The summed E-state index contributed by atoms with van der Waals surface area (Å²) in [6.45, 7) is 0. The van der Waals surface area contributed by atoms with Crippen LogP contribution in [0.25, 0.3) is 11.3 Å². The van der Waals surface area contributed by atoms with Gasteiger partial charge in [-0.3, -0.25) is 9.78 Å². The number of halogens is 1. The number of rotatable bonds is 3. The molecule has 1 amide bonds. The molecule has 0 radical (unpaired) electrons. The number of ether oxygens (including phenoxy) is 1. The van der Waals surface area contributed by atoms with Crippen LogP contribution < -0.4 is 10.1 Å². The first kappa shape index (κ1) is 16.3. The van der Waals surface area contributed by atoms with Gasteiger partial charge in [0.2, 0.25) is 0 Å². The number of hydrogen-bond acceptors (Lipinski definition) is 3. The molecule has 3 aromatic rings. The van der Waals surface area contributed by atoms with Crippen LogP contribution in [-0.4, -0.2) is 23.0 Å². The lowest BCUT2D eigenvalue weighted by Crippen LogP contribution is -2.13. The van der Waals surface area contributed by atoms with Crippen LogP contribution in [0.15, 0.2) is 42.7 Å². The number of anilines is 1. The van der Waals surface area contributed by atoms with Crippen LogP contribution in [0.3, 0.4) is 0 Å². The Balaban J connectivity index is 1.69. The first-order valence-corrected chi connectivity index (χ1v) is 8.47. The molecule has 0 saturated heterocycles. The monoisotopic (exact) mass is 351 g/mol. The number of benzene rings is 1. The molecule has 4 rings (SSSR count). The van der Waals surface area contributed by atoms with E-state index in [1.54, 1.807) is 18.5 Å². The van der Waals surface area contributed by atoms with Gasteiger partial charge in [-0.15, -0.1) is 0 Å². The maximum absolute atomic E-state index is 13.9. The lowest BCUT2D eigenvalue weighted by Gasteiger charge is -2.10. The standard InChI is InChI=1S/C20H18FN3O2/c1-26-17-8-7-13(10-15(17)21)24-20(25)14-11-23-16-6-2-4-12-5-3-9-22-19(12)18(14)16/h3,5,7-11,23H,2,4,6H2,1H3,(H,24,25). The van der Waals surface area contributed by atoms with E-state index >= 15 is 0 Å². The Morgan fingerprint density at radius 1 is 1.31 bits per heavy atom. The fourth-order valence-electron chi connectivity index (χ4n) is 3.38. The van der Waals surface area contributed by atoms with Crippen LogP contribution in [0.1, 0.15) is 28.0 Å². The van der Waals surface area contributed by atoms with Crippen LogP contribution in [0.5, 0.6) is 5.75 Å². The van der Waals surface area contributed by atoms with Crippen molar-refractivity contribution in [3.05, 3.63) is 65.4 Å². The van der Waals surface area contributed by atoms with E-state index in [2.05, 4.69) is 15.3 Å². The zero-order chi connectivity index (χ0) is 18.1. The number of nitrogens with zero attached hydrogens (tertiary/aromatic N) is 1. The molecule has 0 bridgehead atoms. The largest absolute Gasteiger partial charge is 0.494 e. The van der Waals surface area contributed by atoms with E-state index in [0.717, 1.165) is 41.8 Å². The number of methoxy groups -OCH3 is 1. The number of pyridine rings is 1. The van der Waals surface area contributed by atoms with Crippen molar-refractivity contribution in [2.24, 2.45) is 0 Å². The maximum Gasteiger partial charge on any atom is 0.257 e. The minimum Gasteiger partial charge on any atom is -0.494 e. The van der Waals surface area contributed by atoms with Crippen molar-refractivity contribution in [1.29, 1.82) is 0 Å². The summed E-state index contributed by atoms with van der Waals surface area (Å²) in [5.74, 6) is -0.688. The van der Waals surface area contributed by atoms with E-state index in [4.69, 9.17) is 4.74 Å². The highest BCUT2D eigenvalue weighted by Gasteiger charge is 2.24. The number of fused-ring (bicyclic) bond motifs is 3. The number of carbonyl (C=O) groups is 1. The van der Waals surface area contributed by atoms with Crippen molar-refractivity contribution in [2.45, 2.75) is 19.3 Å². The zero-order valence-electron chi connectivity index (χ0n) is 14.3. The summed E-state index contributed by atoms with van der Waals surface area (Å²) in [6, 6.07) is 8.30. The van der Waals surface area contributed by atoms with E-state index < -0.39 is 5.82 Å². The van der Waals surface area contributed by atoms with E-state index in [1.807, 2.05) is 12.1 Å². The van der Waals surface area contributed by atoms with Gasteiger partial charge >= 0.3 is 0 Å². The van der Waals surface area contributed by atoms with Crippen LogP contribution in [-0.2, 0) is 12.8 Å². The summed E-state index contributed by atoms with van der Waals surface area (Å²) in [7, 11) is 1.40. The number of aromatic nitrogens is 2. The number of H-pyrrole nitrogens is 1. The van der Waals surface area contributed by atoms with Gasteiger partial charge in [0.15, 0.2) is 11.6 Å². The third-order valence-electron chi connectivity index (χ3n) is 4.62. The van der Waals surface area contributed by atoms with Crippen LogP contribution >= 0.6 is 0 Å². The van der Waals surface area contributed by atoms with Gasteiger partial charge in [0.25, 0.3) is 5.91 Å². The molecule has 2 N–H and O–H groups in total. The Hall–Kier alpha value is -3.15. The molecule has 2 heterocycles. The van der Waals surface area contributed by atoms with Gasteiger partial charge in [-0.1, -0.05) is 6.07 Å². The Morgan fingerprint density at radius 2 is 2.19 bits per heavy atom. The molecule has 1 aromatic carbocycles. The van der Waals surface area contributed by atoms with Gasteiger partial charge in [0, 0.05) is 35.4 Å². The molecule has 1 aliphatic rings. The highest BCUT2D eigenvalue weighted by atomic mass is 19.1. The van der Waals surface area contributed by atoms with E-state index in [9.17, 15) is 9.18 Å². The lowest BCUT2D eigenvalue weighted by molar-refractivity contribution is 0.102. The summed E-state index contributed by atoms with van der Waals surface area (Å²) in [4.78, 5) is 20.5. The second-order valence-electron chi connectivity index (χ2n) is 6.22. The first-order chi connectivity index (χ1) is 12.7. The highest BCUT2D eigenvalue weighted by Crippen LogP contribution is 2.34. The normalized spacial score (nSPS) is 12.7. The first-order valence-electron chi connectivity index (χ1n) is 8.47. The number of aryl methyl sites for hydroxylation is 2. The Kier molecular flexibility index (Phi) is 4.16. The van der Waals surface area contributed by atoms with Gasteiger partial charge in [-0.05, 0) is 43.0 Å². The molecule has 0 atom stereocenters. The molecule has 0 unspecified atom stereocenters. The number of carbonyl (C=O) groups excluding carboxylic acids is 1. The molecule has 0 saturated carbocycles. The molecular weight excluding hydrogens is 333 g/mol. The Labute approximate surface area is 150 Å². The van der Waals surface area contributed by atoms with Gasteiger partial charge in [-0.2, -0.15) is 0 Å². The van der Waals surface area contributed by atoms with Crippen LogP contribution in [0.2, 0.25) is 0 Å². The minimum absolute atomic E-state index is 0.136. The van der Waals surface area contributed by atoms with Gasteiger partial charge in [0.05, 0.1) is 18.4 Å². The summed E-state index contributed by atoms with van der Waals surface area (Å²) >= 11 is 0. The summed E-state index contributed by atoms with van der Waals surface area (Å²) < 4.78 is 18.8. The third kappa shape index (κ3) is 2.83. The maximum atomic E-state index is 13.9. The van der Waals surface area contributed by atoms with Crippen molar-refractivity contribution in [2.75, 3.05) is 12.4 Å². The van der Waals surface area contributed by atoms with Crippen molar-refractivity contribution in [1.82, 2.24) is 9.97 Å². The molecule has 132 valence electrons. The van der Waals surface area contributed by atoms with Crippen molar-refractivity contribution < 1.29 is 13.9 Å². The van der Waals surface area contributed by atoms with Crippen LogP contribution in [0, 0.1) is 5.82 Å². The molecule has 5 nitrogen and oxygen atoms in total. The lowest BCUT2D eigenvalue weighted by atomic mass is 10.0. The minimum atomic E-state index is -0.523. The fraction of sp³-hybridized carbons (Fsp3) is 0.200. The van der Waals surface area contributed by atoms with E-state index in [-0.39, 0.29) is 11.7 Å². The number of nitrogens with one attached hydrogen (secondary N) is 2.